The van der Waals surface area contributed by atoms with Crippen molar-refractivity contribution in [3.8, 4) is 0 Å². The Morgan fingerprint density at radius 1 is 1.37 bits per heavy atom. The fourth-order valence-electron chi connectivity index (χ4n) is 1.96. The zero-order chi connectivity index (χ0) is 14.5. The molecule has 1 aromatic rings. The van der Waals surface area contributed by atoms with Crippen LogP contribution in [0.4, 0.5) is 0 Å². The second-order valence-corrected chi connectivity index (χ2v) is 6.43. The van der Waals surface area contributed by atoms with Gasteiger partial charge in [-0.25, -0.2) is 0 Å². The van der Waals surface area contributed by atoms with Crippen molar-refractivity contribution in [3.05, 3.63) is 22.4 Å². The highest BCUT2D eigenvalue weighted by molar-refractivity contribution is 7.09. The number of aliphatic carboxylic acids is 1. The molecule has 1 aromatic heterocycles. The molecule has 0 unspecified atom stereocenters. The first-order valence-electron chi connectivity index (χ1n) is 6.36. The molecule has 1 heterocycles. The third kappa shape index (κ3) is 5.42. The first-order valence-corrected chi connectivity index (χ1v) is 7.24. The van der Waals surface area contributed by atoms with Gasteiger partial charge in [-0.3, -0.25) is 9.59 Å². The molecule has 106 valence electrons. The Labute approximate surface area is 118 Å². The highest BCUT2D eigenvalue weighted by Gasteiger charge is 2.27. The minimum Gasteiger partial charge on any atom is -0.481 e. The molecule has 0 bridgehead atoms. The van der Waals surface area contributed by atoms with Gasteiger partial charge in [0.2, 0.25) is 5.91 Å². The maximum Gasteiger partial charge on any atom is 0.303 e. The number of nitrogens with zero attached hydrogens (tertiary/aromatic N) is 1. The molecule has 19 heavy (non-hydrogen) atoms. The lowest BCUT2D eigenvalue weighted by Crippen LogP contribution is -2.34. The zero-order valence-corrected chi connectivity index (χ0v) is 12.5. The quantitative estimate of drug-likeness (QED) is 0.837. The summed E-state index contributed by atoms with van der Waals surface area (Å²) in [6.07, 6.45) is 0.272. The van der Waals surface area contributed by atoms with Crippen molar-refractivity contribution >= 4 is 23.2 Å². The van der Waals surface area contributed by atoms with Crippen molar-refractivity contribution in [2.45, 2.75) is 40.2 Å². The summed E-state index contributed by atoms with van der Waals surface area (Å²) < 4.78 is 0. The molecule has 5 heteroatoms. The van der Waals surface area contributed by atoms with Crippen LogP contribution in [0.15, 0.2) is 17.5 Å². The Balaban J connectivity index is 2.61. The fourth-order valence-corrected chi connectivity index (χ4v) is 2.68. The van der Waals surface area contributed by atoms with Crippen LogP contribution in [-0.4, -0.2) is 28.4 Å². The lowest BCUT2D eigenvalue weighted by Gasteiger charge is -2.27. The van der Waals surface area contributed by atoms with Gasteiger partial charge in [0.05, 0.1) is 13.0 Å². The van der Waals surface area contributed by atoms with Gasteiger partial charge in [0.25, 0.3) is 0 Å². The molecule has 1 amide bonds. The van der Waals surface area contributed by atoms with E-state index >= 15 is 0 Å². The molecule has 0 radical (unpaired) electrons. The molecular formula is C14H21NO3S. The van der Waals surface area contributed by atoms with E-state index in [0.717, 1.165) is 4.88 Å². The smallest absolute Gasteiger partial charge is 0.303 e. The standard InChI is InChI=1S/C14H21NO3S/c1-4-15(10-11-6-5-7-19-11)12(16)8-14(2,3)9-13(17)18/h5-7H,4,8-10H2,1-3H3,(H,17,18). The molecule has 0 aliphatic rings. The molecule has 1 N–H and O–H groups in total. The normalized spacial score (nSPS) is 11.3. The minimum atomic E-state index is -0.862. The number of hydrogen-bond acceptors (Lipinski definition) is 3. The third-order valence-electron chi connectivity index (χ3n) is 2.92. The monoisotopic (exact) mass is 283 g/mol. The van der Waals surface area contributed by atoms with Gasteiger partial charge in [-0.1, -0.05) is 19.9 Å². The van der Waals surface area contributed by atoms with Gasteiger partial charge in [-0.05, 0) is 23.8 Å². The van der Waals surface area contributed by atoms with Crippen molar-refractivity contribution in [3.63, 3.8) is 0 Å². The molecule has 0 spiro atoms. The van der Waals surface area contributed by atoms with Gasteiger partial charge >= 0.3 is 5.97 Å². The molecule has 0 saturated heterocycles. The van der Waals surface area contributed by atoms with Crippen molar-refractivity contribution < 1.29 is 14.7 Å². The molecule has 0 fully saturated rings. The number of carbonyl (C=O) groups is 2. The van der Waals surface area contributed by atoms with Crippen LogP contribution in [0.3, 0.4) is 0 Å². The summed E-state index contributed by atoms with van der Waals surface area (Å²) in [5, 5.41) is 10.8. The Kier molecular flexibility index (Phi) is 5.54. The topological polar surface area (TPSA) is 57.6 Å². The number of thiophene rings is 1. The van der Waals surface area contributed by atoms with E-state index in [1.165, 1.54) is 0 Å². The van der Waals surface area contributed by atoms with E-state index in [9.17, 15) is 9.59 Å². The van der Waals surface area contributed by atoms with Crippen LogP contribution in [0, 0.1) is 5.41 Å². The first kappa shape index (κ1) is 15.7. The highest BCUT2D eigenvalue weighted by atomic mass is 32.1. The molecule has 0 saturated carbocycles. The Morgan fingerprint density at radius 2 is 2.05 bits per heavy atom. The molecule has 1 rings (SSSR count). The van der Waals surface area contributed by atoms with Crippen molar-refractivity contribution in [1.29, 1.82) is 0 Å². The summed E-state index contributed by atoms with van der Waals surface area (Å²) in [5.41, 5.74) is -0.508. The average molecular weight is 283 g/mol. The lowest BCUT2D eigenvalue weighted by molar-refractivity contribution is -0.140. The van der Waals surface area contributed by atoms with Crippen LogP contribution in [0.1, 0.15) is 38.5 Å². The van der Waals surface area contributed by atoms with Crippen LogP contribution in [0.5, 0.6) is 0 Å². The first-order chi connectivity index (χ1) is 8.84. The average Bonchev–Trinajstić information content (AvgIpc) is 2.75. The Bertz CT molecular complexity index is 426. The van der Waals surface area contributed by atoms with E-state index in [2.05, 4.69) is 0 Å². The Morgan fingerprint density at radius 3 is 2.53 bits per heavy atom. The van der Waals surface area contributed by atoms with Crippen molar-refractivity contribution in [2.75, 3.05) is 6.54 Å². The van der Waals surface area contributed by atoms with Crippen LogP contribution < -0.4 is 0 Å². The number of hydrogen-bond donors (Lipinski definition) is 1. The number of carboxylic acid groups (broad SMARTS) is 1. The SMILES string of the molecule is CCN(Cc1cccs1)C(=O)CC(C)(C)CC(=O)O. The molecule has 0 aliphatic heterocycles. The van der Waals surface area contributed by atoms with Crippen molar-refractivity contribution in [1.82, 2.24) is 4.90 Å². The van der Waals surface area contributed by atoms with Crippen LogP contribution in [-0.2, 0) is 16.1 Å². The largest absolute Gasteiger partial charge is 0.481 e. The Hall–Kier alpha value is -1.36. The van der Waals surface area contributed by atoms with Gasteiger partial charge in [-0.2, -0.15) is 0 Å². The van der Waals surface area contributed by atoms with E-state index in [0.29, 0.717) is 13.1 Å². The van der Waals surface area contributed by atoms with Gasteiger partial charge in [0.1, 0.15) is 0 Å². The number of carbonyl (C=O) groups excluding carboxylic acids is 1. The maximum atomic E-state index is 12.2. The minimum absolute atomic E-state index is 0.00922. The second-order valence-electron chi connectivity index (χ2n) is 5.40. The lowest BCUT2D eigenvalue weighted by atomic mass is 9.85. The van der Waals surface area contributed by atoms with Crippen LogP contribution >= 0.6 is 11.3 Å². The van der Waals surface area contributed by atoms with E-state index in [4.69, 9.17) is 5.11 Å². The summed E-state index contributed by atoms with van der Waals surface area (Å²) in [6.45, 7) is 6.82. The summed E-state index contributed by atoms with van der Waals surface area (Å²) in [6, 6.07) is 3.97. The maximum absolute atomic E-state index is 12.2. The number of rotatable bonds is 7. The predicted octanol–water partition coefficient (Wildman–Crippen LogP) is 2.99. The molecule has 4 nitrogen and oxygen atoms in total. The number of amides is 1. The van der Waals surface area contributed by atoms with E-state index in [-0.39, 0.29) is 18.7 Å². The van der Waals surface area contributed by atoms with Crippen LogP contribution in [0.2, 0.25) is 0 Å². The van der Waals surface area contributed by atoms with Crippen molar-refractivity contribution in [2.24, 2.45) is 5.41 Å². The molecule has 0 atom stereocenters. The fraction of sp³-hybridized carbons (Fsp3) is 0.571. The number of carboxylic acids is 1. The summed E-state index contributed by atoms with van der Waals surface area (Å²) in [7, 11) is 0. The van der Waals surface area contributed by atoms with Crippen LogP contribution in [0.25, 0.3) is 0 Å². The van der Waals surface area contributed by atoms with Gasteiger partial charge < -0.3 is 10.0 Å². The van der Waals surface area contributed by atoms with E-state index < -0.39 is 11.4 Å². The second kappa shape index (κ2) is 6.70. The van der Waals surface area contributed by atoms with E-state index in [1.54, 1.807) is 16.2 Å². The molecule has 0 aromatic carbocycles. The summed E-state index contributed by atoms with van der Waals surface area (Å²) >= 11 is 1.62. The highest BCUT2D eigenvalue weighted by Crippen LogP contribution is 2.26. The zero-order valence-electron chi connectivity index (χ0n) is 11.7. The van der Waals surface area contributed by atoms with Gasteiger partial charge in [0.15, 0.2) is 0 Å². The summed E-state index contributed by atoms with van der Waals surface area (Å²) in [5.74, 6) is -0.846. The molecule has 0 aliphatic carbocycles. The summed E-state index contributed by atoms with van der Waals surface area (Å²) in [4.78, 5) is 25.9. The predicted molar refractivity (Wildman–Crippen MR) is 76.1 cm³/mol. The van der Waals surface area contributed by atoms with E-state index in [1.807, 2.05) is 38.3 Å². The van der Waals surface area contributed by atoms with Gasteiger partial charge in [-0.15, -0.1) is 11.3 Å². The van der Waals surface area contributed by atoms with Gasteiger partial charge in [0, 0.05) is 17.8 Å². The molecular weight excluding hydrogens is 262 g/mol. The third-order valence-corrected chi connectivity index (χ3v) is 3.78.